The summed E-state index contributed by atoms with van der Waals surface area (Å²) in [7, 11) is 0. The second-order valence-corrected chi connectivity index (χ2v) is 2.03. The molecule has 0 aliphatic rings. The van der Waals surface area contributed by atoms with Gasteiger partial charge in [-0.25, -0.2) is 4.79 Å². The molecule has 4 nitrogen and oxygen atoms in total. The van der Waals surface area contributed by atoms with Crippen LogP contribution in [0.5, 0.6) is 0 Å². The van der Waals surface area contributed by atoms with Crippen molar-refractivity contribution >= 4 is 5.97 Å². The second kappa shape index (κ2) is 6.71. The van der Waals surface area contributed by atoms with Gasteiger partial charge in [-0.05, 0) is 12.7 Å². The Hall–Kier alpha value is -0.710. The predicted molar refractivity (Wildman–Crippen MR) is 35.3 cm³/mol. The summed E-state index contributed by atoms with van der Waals surface area (Å²) in [5.74, 6) is -4.05. The Balaban J connectivity index is 0. The van der Waals surface area contributed by atoms with Gasteiger partial charge in [-0.3, -0.25) is 0 Å². The van der Waals surface area contributed by atoms with E-state index >= 15 is 0 Å². The molecule has 0 heterocycles. The van der Waals surface area contributed by atoms with Gasteiger partial charge in [-0.1, -0.05) is 0 Å². The zero-order valence-electron chi connectivity index (χ0n) is 8.01. The minimum absolute atomic E-state index is 0. The number of carbonyl (C=O) groups excluding carboxylic acids is 1. The van der Waals surface area contributed by atoms with E-state index in [9.17, 15) is 23.1 Å². The molecular weight excluding hydrogens is 226 g/mol. The number of hydrogen-bond acceptors (Lipinski definition) is 4. The van der Waals surface area contributed by atoms with Crippen LogP contribution in [-0.2, 0) is 9.53 Å². The minimum atomic E-state index is -5.24. The Morgan fingerprint density at radius 1 is 1.53 bits per heavy atom. The van der Waals surface area contributed by atoms with Gasteiger partial charge >= 0.3 is 41.7 Å². The number of alkyl halides is 3. The van der Waals surface area contributed by atoms with Crippen LogP contribution >= 0.6 is 0 Å². The molecule has 0 fully saturated rings. The standard InChI is InChI=1S/C7H6F3NO3.Na/c1-2-14-6(13)4(3-11)5(12)7(8,9)10;/h12H,2H2,1H3;/q;+1/p-1. The number of nitrogens with zero attached hydrogens (tertiary/aromatic N) is 1. The number of allylic oxidation sites excluding steroid dienone is 1. The largest absolute Gasteiger partial charge is 1.00 e. The van der Waals surface area contributed by atoms with Gasteiger partial charge in [0.25, 0.3) is 0 Å². The maximum absolute atomic E-state index is 11.8. The molecule has 78 valence electrons. The molecule has 0 atom stereocenters. The van der Waals surface area contributed by atoms with Crippen LogP contribution < -0.4 is 34.7 Å². The molecule has 0 unspecified atom stereocenters. The molecule has 0 aliphatic carbocycles. The molecule has 0 saturated carbocycles. The van der Waals surface area contributed by atoms with Gasteiger partial charge < -0.3 is 9.84 Å². The molecule has 8 heteroatoms. The molecule has 0 radical (unpaired) electrons. The third-order valence-electron chi connectivity index (χ3n) is 1.08. The summed E-state index contributed by atoms with van der Waals surface area (Å²) in [5.41, 5.74) is -1.56. The van der Waals surface area contributed by atoms with Crippen molar-refractivity contribution < 1.29 is 57.4 Å². The van der Waals surface area contributed by atoms with Gasteiger partial charge in [0.15, 0.2) is 0 Å². The van der Waals surface area contributed by atoms with Crippen LogP contribution in [-0.4, -0.2) is 18.8 Å². The van der Waals surface area contributed by atoms with Gasteiger partial charge in [0, 0.05) is 0 Å². The number of halogens is 3. The number of ether oxygens (including phenoxy) is 1. The number of carbonyl (C=O) groups is 1. The fourth-order valence-electron chi connectivity index (χ4n) is 0.534. The van der Waals surface area contributed by atoms with E-state index < -0.39 is 23.5 Å². The van der Waals surface area contributed by atoms with Crippen LogP contribution in [0.15, 0.2) is 11.3 Å². The van der Waals surface area contributed by atoms with Crippen LogP contribution in [0.4, 0.5) is 13.2 Å². The molecule has 0 N–H and O–H groups in total. The second-order valence-electron chi connectivity index (χ2n) is 2.03. The summed E-state index contributed by atoms with van der Waals surface area (Å²) in [6.45, 7) is 1.13. The number of nitriles is 1. The number of esters is 1. The van der Waals surface area contributed by atoms with Crippen molar-refractivity contribution in [3.63, 3.8) is 0 Å². The van der Waals surface area contributed by atoms with E-state index in [1.165, 1.54) is 6.92 Å². The number of hydrogen-bond donors (Lipinski definition) is 0. The maximum Gasteiger partial charge on any atom is 1.00 e. The first kappa shape index (κ1) is 16.7. The fourth-order valence-corrected chi connectivity index (χ4v) is 0.534. The van der Waals surface area contributed by atoms with Gasteiger partial charge in [-0.15, -0.1) is 0 Å². The van der Waals surface area contributed by atoms with Crippen molar-refractivity contribution in [1.29, 1.82) is 5.26 Å². The van der Waals surface area contributed by atoms with Crippen LogP contribution in [0.25, 0.3) is 0 Å². The molecule has 0 aliphatic heterocycles. The van der Waals surface area contributed by atoms with Crippen LogP contribution in [0.3, 0.4) is 0 Å². The molecule has 0 rings (SSSR count). The average molecular weight is 231 g/mol. The normalized spacial score (nSPS) is 11.9. The summed E-state index contributed by atoms with van der Waals surface area (Å²) >= 11 is 0. The quantitative estimate of drug-likeness (QED) is 0.170. The average Bonchev–Trinajstić information content (AvgIpc) is 2.04. The van der Waals surface area contributed by atoms with E-state index in [0.717, 1.165) is 6.07 Å². The van der Waals surface area contributed by atoms with Gasteiger partial charge in [0.05, 0.1) is 6.61 Å². The van der Waals surface area contributed by atoms with Gasteiger partial charge in [0.2, 0.25) is 0 Å². The molecular formula is C7H5F3NNaO3. The van der Waals surface area contributed by atoms with Gasteiger partial charge in [-0.2, -0.15) is 18.4 Å². The van der Waals surface area contributed by atoms with Crippen LogP contribution in [0.1, 0.15) is 6.92 Å². The number of rotatable bonds is 2. The molecule has 0 aromatic carbocycles. The van der Waals surface area contributed by atoms with Gasteiger partial charge in [0.1, 0.15) is 11.6 Å². The molecule has 0 bridgehead atoms. The van der Waals surface area contributed by atoms with E-state index in [4.69, 9.17) is 5.26 Å². The zero-order chi connectivity index (χ0) is 11.4. The molecule has 0 aromatic rings. The van der Waals surface area contributed by atoms with E-state index in [2.05, 4.69) is 4.74 Å². The summed E-state index contributed by atoms with van der Waals surface area (Å²) in [4.78, 5) is 10.7. The molecule has 15 heavy (non-hydrogen) atoms. The first-order valence-corrected chi connectivity index (χ1v) is 3.40. The summed E-state index contributed by atoms with van der Waals surface area (Å²) in [6.07, 6.45) is -5.24. The fraction of sp³-hybridized carbons (Fsp3) is 0.429. The summed E-state index contributed by atoms with van der Waals surface area (Å²) < 4.78 is 39.4. The summed E-state index contributed by atoms with van der Waals surface area (Å²) in [5, 5.41) is 18.6. The van der Waals surface area contributed by atoms with Crippen molar-refractivity contribution in [1.82, 2.24) is 0 Å². The Morgan fingerprint density at radius 3 is 2.27 bits per heavy atom. The van der Waals surface area contributed by atoms with Crippen molar-refractivity contribution in [3.8, 4) is 6.07 Å². The SMILES string of the molecule is CCOC(=O)C(C#N)=C([O-])C(F)(F)F.[Na+]. The van der Waals surface area contributed by atoms with Crippen LogP contribution in [0.2, 0.25) is 0 Å². The van der Waals surface area contributed by atoms with Crippen molar-refractivity contribution in [2.45, 2.75) is 13.1 Å². The third-order valence-corrected chi connectivity index (χ3v) is 1.08. The van der Waals surface area contributed by atoms with Crippen LogP contribution in [0, 0.1) is 11.3 Å². The topological polar surface area (TPSA) is 73.2 Å². The van der Waals surface area contributed by atoms with Crippen molar-refractivity contribution in [2.75, 3.05) is 6.61 Å². The summed E-state index contributed by atoms with van der Waals surface area (Å²) in [6, 6.07) is 0.866. The maximum atomic E-state index is 11.8. The van der Waals surface area contributed by atoms with E-state index in [1.54, 1.807) is 0 Å². The minimum Gasteiger partial charge on any atom is -0.868 e. The Bertz CT molecular complexity index is 306. The monoisotopic (exact) mass is 231 g/mol. The van der Waals surface area contributed by atoms with E-state index in [1.807, 2.05) is 0 Å². The van der Waals surface area contributed by atoms with Crippen molar-refractivity contribution in [3.05, 3.63) is 11.3 Å². The molecule has 0 amide bonds. The van der Waals surface area contributed by atoms with E-state index in [-0.39, 0.29) is 36.2 Å². The van der Waals surface area contributed by atoms with Crippen molar-refractivity contribution in [2.24, 2.45) is 0 Å². The first-order chi connectivity index (χ1) is 6.34. The predicted octanol–water partition coefficient (Wildman–Crippen LogP) is -2.75. The Morgan fingerprint density at radius 2 is 2.00 bits per heavy atom. The Kier molecular flexibility index (Phi) is 7.48. The molecule has 0 spiro atoms. The van der Waals surface area contributed by atoms with E-state index in [0.29, 0.717) is 0 Å². The molecule has 0 saturated heterocycles. The Labute approximate surface area is 106 Å². The molecule has 0 aromatic heterocycles. The smallest absolute Gasteiger partial charge is 0.868 e. The zero-order valence-corrected chi connectivity index (χ0v) is 10.0. The first-order valence-electron chi connectivity index (χ1n) is 3.40. The third kappa shape index (κ3) is 5.06.